The highest BCUT2D eigenvalue weighted by atomic mass is 35.5. The summed E-state index contributed by atoms with van der Waals surface area (Å²) in [5.41, 5.74) is 0.747. The zero-order chi connectivity index (χ0) is 13.1. The minimum atomic E-state index is 0.0103. The highest BCUT2D eigenvalue weighted by Gasteiger charge is 2.09. The number of aryl methyl sites for hydroxylation is 1. The number of hydrogen-bond acceptors (Lipinski definition) is 2. The van der Waals surface area contributed by atoms with Gasteiger partial charge in [-0.05, 0) is 31.5 Å². The molecule has 0 fully saturated rings. The average Bonchev–Trinajstić information content (AvgIpc) is 2.37. The van der Waals surface area contributed by atoms with Crippen LogP contribution >= 0.6 is 11.6 Å². The summed E-state index contributed by atoms with van der Waals surface area (Å²) >= 11 is 5.93. The number of hydrogen-bond donors (Lipinski definition) is 0. The Morgan fingerprint density at radius 3 is 2.78 bits per heavy atom. The van der Waals surface area contributed by atoms with Crippen molar-refractivity contribution in [1.82, 2.24) is 9.55 Å². The van der Waals surface area contributed by atoms with Crippen LogP contribution in [0.1, 0.15) is 32.5 Å². The number of aromatic nitrogens is 2. The van der Waals surface area contributed by atoms with Gasteiger partial charge in [0.2, 0.25) is 0 Å². The number of nitrogens with zero attached hydrogens (tertiary/aromatic N) is 2. The van der Waals surface area contributed by atoms with Gasteiger partial charge in [0.25, 0.3) is 5.56 Å². The maximum absolute atomic E-state index is 12.4. The molecule has 1 aromatic carbocycles. The topological polar surface area (TPSA) is 34.9 Å². The van der Waals surface area contributed by atoms with Crippen molar-refractivity contribution in [1.29, 1.82) is 0 Å². The Morgan fingerprint density at radius 2 is 2.11 bits per heavy atom. The van der Waals surface area contributed by atoms with E-state index in [4.69, 9.17) is 11.6 Å². The molecule has 1 aromatic heterocycles. The quantitative estimate of drug-likeness (QED) is 0.848. The highest BCUT2D eigenvalue weighted by molar-refractivity contribution is 6.31. The molecule has 2 aromatic rings. The fourth-order valence-corrected chi connectivity index (χ4v) is 2.26. The first kappa shape index (κ1) is 13.1. The van der Waals surface area contributed by atoms with Crippen LogP contribution in [0, 0.1) is 0 Å². The summed E-state index contributed by atoms with van der Waals surface area (Å²) in [5.74, 6) is 0.874. The van der Waals surface area contributed by atoms with Crippen LogP contribution in [0.25, 0.3) is 10.9 Å². The van der Waals surface area contributed by atoms with E-state index in [1.807, 2.05) is 13.0 Å². The van der Waals surface area contributed by atoms with E-state index in [9.17, 15) is 4.79 Å². The summed E-state index contributed by atoms with van der Waals surface area (Å²) in [5, 5.41) is 1.18. The molecular formula is C14H17ClN2O. The van der Waals surface area contributed by atoms with E-state index in [2.05, 4.69) is 11.9 Å². The minimum absolute atomic E-state index is 0.0103. The fraction of sp³-hybridized carbons (Fsp3) is 0.429. The molecule has 0 aliphatic heterocycles. The second kappa shape index (κ2) is 5.53. The molecule has 0 aliphatic rings. The largest absolute Gasteiger partial charge is 0.296 e. The first-order valence-electron chi connectivity index (χ1n) is 6.36. The lowest BCUT2D eigenvalue weighted by Gasteiger charge is -2.11. The molecule has 2 rings (SSSR count). The number of unbranched alkanes of at least 4 members (excludes halogenated alkanes) is 1. The van der Waals surface area contributed by atoms with Gasteiger partial charge in [0.15, 0.2) is 0 Å². The van der Waals surface area contributed by atoms with E-state index in [-0.39, 0.29) is 5.56 Å². The van der Waals surface area contributed by atoms with Crippen molar-refractivity contribution in [2.45, 2.75) is 39.7 Å². The van der Waals surface area contributed by atoms with Gasteiger partial charge in [-0.25, -0.2) is 4.98 Å². The van der Waals surface area contributed by atoms with Gasteiger partial charge in [0.05, 0.1) is 10.9 Å². The lowest BCUT2D eigenvalue weighted by molar-refractivity contribution is 0.630. The SMILES string of the molecule is CCCCc1nc2ccc(Cl)cc2c(=O)n1CC. The number of halogens is 1. The van der Waals surface area contributed by atoms with Crippen molar-refractivity contribution in [3.8, 4) is 0 Å². The average molecular weight is 265 g/mol. The summed E-state index contributed by atoms with van der Waals surface area (Å²) in [7, 11) is 0. The smallest absolute Gasteiger partial charge is 0.261 e. The van der Waals surface area contributed by atoms with E-state index in [1.54, 1.807) is 16.7 Å². The highest BCUT2D eigenvalue weighted by Crippen LogP contribution is 2.16. The molecule has 3 nitrogen and oxygen atoms in total. The molecule has 0 spiro atoms. The summed E-state index contributed by atoms with van der Waals surface area (Å²) in [6.07, 6.45) is 2.99. The van der Waals surface area contributed by atoms with E-state index in [0.29, 0.717) is 17.0 Å². The van der Waals surface area contributed by atoms with Gasteiger partial charge in [-0.2, -0.15) is 0 Å². The molecule has 0 saturated heterocycles. The predicted octanol–water partition coefficient (Wildman–Crippen LogP) is 3.41. The summed E-state index contributed by atoms with van der Waals surface area (Å²) < 4.78 is 1.74. The van der Waals surface area contributed by atoms with Crippen molar-refractivity contribution in [2.24, 2.45) is 0 Å². The molecule has 0 bridgehead atoms. The number of fused-ring (bicyclic) bond motifs is 1. The van der Waals surface area contributed by atoms with Gasteiger partial charge >= 0.3 is 0 Å². The normalized spacial score (nSPS) is 11.1. The lowest BCUT2D eigenvalue weighted by atomic mass is 10.2. The van der Waals surface area contributed by atoms with Crippen LogP contribution in [-0.2, 0) is 13.0 Å². The number of rotatable bonds is 4. The summed E-state index contributed by atoms with van der Waals surface area (Å²) in [6.45, 7) is 4.75. The first-order valence-corrected chi connectivity index (χ1v) is 6.74. The molecule has 18 heavy (non-hydrogen) atoms. The molecule has 1 heterocycles. The fourth-order valence-electron chi connectivity index (χ4n) is 2.09. The molecule has 0 aliphatic carbocycles. The van der Waals surface area contributed by atoms with Gasteiger partial charge in [0.1, 0.15) is 5.82 Å². The Kier molecular flexibility index (Phi) is 4.02. The zero-order valence-electron chi connectivity index (χ0n) is 10.7. The number of benzene rings is 1. The standard InChI is InChI=1S/C14H17ClN2O/c1-3-5-6-13-16-12-8-7-10(15)9-11(12)14(18)17(13)4-2/h7-9H,3-6H2,1-2H3. The van der Waals surface area contributed by atoms with Crippen LogP contribution in [0.4, 0.5) is 0 Å². The Morgan fingerprint density at radius 1 is 1.33 bits per heavy atom. The molecule has 0 amide bonds. The second-order valence-electron chi connectivity index (χ2n) is 4.34. The molecule has 96 valence electrons. The second-order valence-corrected chi connectivity index (χ2v) is 4.78. The molecule has 0 N–H and O–H groups in total. The van der Waals surface area contributed by atoms with E-state index in [1.165, 1.54) is 0 Å². The Labute approximate surface area is 111 Å². The third kappa shape index (κ3) is 2.41. The van der Waals surface area contributed by atoms with Crippen molar-refractivity contribution in [2.75, 3.05) is 0 Å². The molecule has 0 radical (unpaired) electrons. The zero-order valence-corrected chi connectivity index (χ0v) is 11.5. The van der Waals surface area contributed by atoms with Crippen LogP contribution in [-0.4, -0.2) is 9.55 Å². The maximum atomic E-state index is 12.4. The Balaban J connectivity index is 2.65. The van der Waals surface area contributed by atoms with Crippen molar-refractivity contribution < 1.29 is 0 Å². The molecule has 0 unspecified atom stereocenters. The van der Waals surface area contributed by atoms with Gasteiger partial charge in [-0.15, -0.1) is 0 Å². The molecule has 0 atom stereocenters. The van der Waals surface area contributed by atoms with E-state index in [0.717, 1.165) is 30.6 Å². The molecule has 0 saturated carbocycles. The lowest BCUT2D eigenvalue weighted by Crippen LogP contribution is -2.24. The summed E-state index contributed by atoms with van der Waals surface area (Å²) in [4.78, 5) is 16.9. The van der Waals surface area contributed by atoms with E-state index < -0.39 is 0 Å². The van der Waals surface area contributed by atoms with Crippen LogP contribution in [0.15, 0.2) is 23.0 Å². The van der Waals surface area contributed by atoms with Gasteiger partial charge in [-0.3, -0.25) is 9.36 Å². The Hall–Kier alpha value is -1.35. The van der Waals surface area contributed by atoms with Gasteiger partial charge in [0, 0.05) is 18.0 Å². The van der Waals surface area contributed by atoms with Crippen LogP contribution < -0.4 is 5.56 Å². The maximum Gasteiger partial charge on any atom is 0.261 e. The van der Waals surface area contributed by atoms with Crippen LogP contribution in [0.3, 0.4) is 0 Å². The molecule has 4 heteroatoms. The van der Waals surface area contributed by atoms with Crippen molar-refractivity contribution >= 4 is 22.5 Å². The van der Waals surface area contributed by atoms with Gasteiger partial charge < -0.3 is 0 Å². The van der Waals surface area contributed by atoms with Crippen molar-refractivity contribution in [3.63, 3.8) is 0 Å². The van der Waals surface area contributed by atoms with E-state index >= 15 is 0 Å². The van der Waals surface area contributed by atoms with Crippen molar-refractivity contribution in [3.05, 3.63) is 39.4 Å². The third-order valence-corrected chi connectivity index (χ3v) is 3.30. The summed E-state index contributed by atoms with van der Waals surface area (Å²) in [6, 6.07) is 5.28. The van der Waals surface area contributed by atoms with Gasteiger partial charge in [-0.1, -0.05) is 24.9 Å². The minimum Gasteiger partial charge on any atom is -0.296 e. The monoisotopic (exact) mass is 264 g/mol. The first-order chi connectivity index (χ1) is 8.67. The molecular weight excluding hydrogens is 248 g/mol. The van der Waals surface area contributed by atoms with Crippen LogP contribution in [0.5, 0.6) is 0 Å². The van der Waals surface area contributed by atoms with Crippen LogP contribution in [0.2, 0.25) is 5.02 Å². The third-order valence-electron chi connectivity index (χ3n) is 3.07. The predicted molar refractivity (Wildman–Crippen MR) is 75.3 cm³/mol. The Bertz CT molecular complexity index is 619.